The zero-order chi connectivity index (χ0) is 15.2. The van der Waals surface area contributed by atoms with Gasteiger partial charge in [0.25, 0.3) is 0 Å². The van der Waals surface area contributed by atoms with E-state index < -0.39 is 0 Å². The van der Waals surface area contributed by atoms with Gasteiger partial charge in [-0.2, -0.15) is 0 Å². The zero-order valence-electron chi connectivity index (χ0n) is 12.8. The van der Waals surface area contributed by atoms with Crippen molar-refractivity contribution in [2.75, 3.05) is 13.6 Å². The van der Waals surface area contributed by atoms with Crippen LogP contribution in [-0.2, 0) is 6.42 Å². The molecule has 0 atom stereocenters. The lowest BCUT2D eigenvalue weighted by Crippen LogP contribution is -2.14. The van der Waals surface area contributed by atoms with E-state index in [9.17, 15) is 0 Å². The van der Waals surface area contributed by atoms with Gasteiger partial charge in [0.05, 0.1) is 17.0 Å². The lowest BCUT2D eigenvalue weighted by molar-refractivity contribution is 0.552. The van der Waals surface area contributed by atoms with Gasteiger partial charge in [-0.15, -0.1) is 0 Å². The summed E-state index contributed by atoms with van der Waals surface area (Å²) in [7, 11) is 2.00. The Labute approximate surface area is 132 Å². The van der Waals surface area contributed by atoms with Crippen LogP contribution >= 0.6 is 11.6 Å². The standard InChI is InChI=1S/C18H21ClN2/c1-4-21(3)13-20-17-11-14(2)10-16(18(17)19)12-15-8-6-5-7-9-15/h5-11,13H,4,12H2,1-3H3. The SMILES string of the molecule is CCN(C)C=Nc1cc(C)cc(Cc2ccccc2)c1Cl. The van der Waals surface area contributed by atoms with E-state index in [0.717, 1.165) is 29.2 Å². The Kier molecular flexibility index (Phi) is 5.40. The van der Waals surface area contributed by atoms with Crippen molar-refractivity contribution >= 4 is 23.6 Å². The van der Waals surface area contributed by atoms with Crippen LogP contribution in [0.15, 0.2) is 47.5 Å². The lowest BCUT2D eigenvalue weighted by Gasteiger charge is -2.11. The molecule has 0 aromatic heterocycles. The van der Waals surface area contributed by atoms with Crippen molar-refractivity contribution in [3.8, 4) is 0 Å². The van der Waals surface area contributed by atoms with E-state index in [1.165, 1.54) is 11.1 Å². The predicted molar refractivity (Wildman–Crippen MR) is 91.9 cm³/mol. The highest BCUT2D eigenvalue weighted by Crippen LogP contribution is 2.31. The molecular formula is C18H21ClN2. The number of hydrogen-bond acceptors (Lipinski definition) is 1. The molecule has 2 nitrogen and oxygen atoms in total. The van der Waals surface area contributed by atoms with Crippen molar-refractivity contribution in [1.82, 2.24) is 4.90 Å². The molecule has 0 unspecified atom stereocenters. The Morgan fingerprint density at radius 1 is 1.19 bits per heavy atom. The van der Waals surface area contributed by atoms with Gasteiger partial charge in [-0.3, -0.25) is 0 Å². The topological polar surface area (TPSA) is 15.6 Å². The number of benzene rings is 2. The van der Waals surface area contributed by atoms with E-state index in [2.05, 4.69) is 37.0 Å². The van der Waals surface area contributed by atoms with Gasteiger partial charge in [0.15, 0.2) is 0 Å². The number of aliphatic imine (C=N–C) groups is 1. The average molecular weight is 301 g/mol. The van der Waals surface area contributed by atoms with Crippen LogP contribution < -0.4 is 0 Å². The molecule has 2 rings (SSSR count). The quantitative estimate of drug-likeness (QED) is 0.569. The molecule has 2 aromatic carbocycles. The maximum Gasteiger partial charge on any atom is 0.0910 e. The van der Waals surface area contributed by atoms with Crippen LogP contribution in [0.4, 0.5) is 5.69 Å². The summed E-state index contributed by atoms with van der Waals surface area (Å²) in [5.74, 6) is 0. The van der Waals surface area contributed by atoms with Crippen LogP contribution in [0.1, 0.15) is 23.6 Å². The molecule has 0 bridgehead atoms. The molecule has 110 valence electrons. The first-order valence-corrected chi connectivity index (χ1v) is 7.55. The number of nitrogens with zero attached hydrogens (tertiary/aromatic N) is 2. The average Bonchev–Trinajstić information content (AvgIpc) is 2.49. The van der Waals surface area contributed by atoms with Gasteiger partial charge in [-0.05, 0) is 43.0 Å². The Bertz CT molecular complexity index is 621. The monoisotopic (exact) mass is 300 g/mol. The first kappa shape index (κ1) is 15.6. The second-order valence-electron chi connectivity index (χ2n) is 5.24. The van der Waals surface area contributed by atoms with E-state index in [0.29, 0.717) is 0 Å². The highest BCUT2D eigenvalue weighted by atomic mass is 35.5. The third-order valence-electron chi connectivity index (χ3n) is 3.40. The van der Waals surface area contributed by atoms with Gasteiger partial charge >= 0.3 is 0 Å². The largest absolute Gasteiger partial charge is 0.366 e. The molecule has 3 heteroatoms. The zero-order valence-corrected chi connectivity index (χ0v) is 13.6. The van der Waals surface area contributed by atoms with Crippen LogP contribution in [0, 0.1) is 6.92 Å². The fraction of sp³-hybridized carbons (Fsp3) is 0.278. The molecule has 0 N–H and O–H groups in total. The Morgan fingerprint density at radius 3 is 2.57 bits per heavy atom. The third kappa shape index (κ3) is 4.33. The summed E-state index contributed by atoms with van der Waals surface area (Å²) in [5, 5.41) is 0.741. The summed E-state index contributed by atoms with van der Waals surface area (Å²) in [6.45, 7) is 5.09. The van der Waals surface area contributed by atoms with Crippen LogP contribution in [0.5, 0.6) is 0 Å². The number of rotatable bonds is 5. The van der Waals surface area contributed by atoms with Gasteiger partial charge in [0, 0.05) is 13.6 Å². The number of hydrogen-bond donors (Lipinski definition) is 0. The summed E-state index contributed by atoms with van der Waals surface area (Å²) in [4.78, 5) is 6.53. The van der Waals surface area contributed by atoms with Crippen LogP contribution in [-0.4, -0.2) is 24.8 Å². The fourth-order valence-corrected chi connectivity index (χ4v) is 2.33. The Balaban J connectivity index is 2.30. The van der Waals surface area contributed by atoms with Crippen molar-refractivity contribution in [2.45, 2.75) is 20.3 Å². The Morgan fingerprint density at radius 2 is 1.90 bits per heavy atom. The molecule has 0 aliphatic heterocycles. The van der Waals surface area contributed by atoms with Gasteiger partial charge < -0.3 is 4.90 Å². The van der Waals surface area contributed by atoms with Gasteiger partial charge in [-0.25, -0.2) is 4.99 Å². The van der Waals surface area contributed by atoms with Crippen LogP contribution in [0.25, 0.3) is 0 Å². The highest BCUT2D eigenvalue weighted by molar-refractivity contribution is 6.33. The second kappa shape index (κ2) is 7.28. The lowest BCUT2D eigenvalue weighted by atomic mass is 10.0. The Hall–Kier alpha value is -1.80. The van der Waals surface area contributed by atoms with E-state index >= 15 is 0 Å². The van der Waals surface area contributed by atoms with E-state index in [1.807, 2.05) is 42.6 Å². The van der Waals surface area contributed by atoms with E-state index in [-0.39, 0.29) is 0 Å². The summed E-state index contributed by atoms with van der Waals surface area (Å²) >= 11 is 6.53. The molecule has 0 saturated heterocycles. The fourth-order valence-electron chi connectivity index (χ4n) is 2.10. The first-order valence-electron chi connectivity index (χ1n) is 7.17. The molecule has 21 heavy (non-hydrogen) atoms. The van der Waals surface area contributed by atoms with Crippen molar-refractivity contribution in [1.29, 1.82) is 0 Å². The molecular weight excluding hydrogens is 280 g/mol. The van der Waals surface area contributed by atoms with Gasteiger partial charge in [-0.1, -0.05) is 48.0 Å². The minimum absolute atomic E-state index is 0.741. The summed E-state index contributed by atoms with van der Waals surface area (Å²) in [5.41, 5.74) is 4.39. The smallest absolute Gasteiger partial charge is 0.0910 e. The summed E-state index contributed by atoms with van der Waals surface area (Å²) < 4.78 is 0. The molecule has 0 saturated carbocycles. The van der Waals surface area contributed by atoms with Crippen LogP contribution in [0.3, 0.4) is 0 Å². The van der Waals surface area contributed by atoms with Crippen molar-refractivity contribution in [3.63, 3.8) is 0 Å². The predicted octanol–water partition coefficient (Wildman–Crippen LogP) is 4.85. The summed E-state index contributed by atoms with van der Waals surface area (Å²) in [6, 6.07) is 14.5. The minimum atomic E-state index is 0.741. The molecule has 0 spiro atoms. The number of aryl methyl sites for hydroxylation is 1. The molecule has 0 amide bonds. The van der Waals surface area contributed by atoms with Crippen molar-refractivity contribution < 1.29 is 0 Å². The number of halogens is 1. The van der Waals surface area contributed by atoms with Crippen molar-refractivity contribution in [2.24, 2.45) is 4.99 Å². The molecule has 0 radical (unpaired) electrons. The maximum absolute atomic E-state index is 6.53. The van der Waals surface area contributed by atoms with Crippen molar-refractivity contribution in [3.05, 3.63) is 64.2 Å². The summed E-state index contributed by atoms with van der Waals surface area (Å²) in [6.07, 6.45) is 2.65. The van der Waals surface area contributed by atoms with E-state index in [4.69, 9.17) is 11.6 Å². The normalized spacial score (nSPS) is 11.0. The molecule has 0 fully saturated rings. The second-order valence-corrected chi connectivity index (χ2v) is 5.62. The van der Waals surface area contributed by atoms with Gasteiger partial charge in [0.1, 0.15) is 0 Å². The molecule has 0 aliphatic carbocycles. The van der Waals surface area contributed by atoms with Crippen LogP contribution in [0.2, 0.25) is 5.02 Å². The maximum atomic E-state index is 6.53. The minimum Gasteiger partial charge on any atom is -0.366 e. The molecule has 0 heterocycles. The van der Waals surface area contributed by atoms with E-state index in [1.54, 1.807) is 0 Å². The molecule has 2 aromatic rings. The van der Waals surface area contributed by atoms with Gasteiger partial charge in [0.2, 0.25) is 0 Å². The first-order chi connectivity index (χ1) is 10.1. The third-order valence-corrected chi connectivity index (χ3v) is 3.84. The highest BCUT2D eigenvalue weighted by Gasteiger charge is 2.08. The molecule has 0 aliphatic rings.